The van der Waals surface area contributed by atoms with E-state index in [2.05, 4.69) is 20.7 Å². The van der Waals surface area contributed by atoms with Crippen molar-refractivity contribution in [2.75, 3.05) is 13.1 Å². The number of hydrogen-bond donors (Lipinski definition) is 2. The van der Waals surface area contributed by atoms with Crippen LogP contribution in [0.3, 0.4) is 0 Å². The number of carbonyl (C=O) groups excluding carboxylic acids is 1. The second-order valence-corrected chi connectivity index (χ2v) is 5.61. The van der Waals surface area contributed by atoms with Crippen molar-refractivity contribution in [1.82, 2.24) is 25.4 Å². The zero-order valence-corrected chi connectivity index (χ0v) is 14.2. The van der Waals surface area contributed by atoms with Gasteiger partial charge in [-0.3, -0.25) is 9.48 Å². The number of nitrogens with zero attached hydrogens (tertiary/aromatic N) is 3. The van der Waals surface area contributed by atoms with Crippen molar-refractivity contribution in [3.05, 3.63) is 35.3 Å². The highest BCUT2D eigenvalue weighted by atomic mass is 35.5. The van der Waals surface area contributed by atoms with Gasteiger partial charge in [-0.15, -0.1) is 12.4 Å². The summed E-state index contributed by atoms with van der Waals surface area (Å²) in [7, 11) is 0. The number of aromatic nitrogens is 3. The molecule has 1 saturated heterocycles. The van der Waals surface area contributed by atoms with Crippen LogP contribution in [0.4, 0.5) is 0 Å². The highest BCUT2D eigenvalue weighted by molar-refractivity contribution is 5.92. The van der Waals surface area contributed by atoms with E-state index in [0.717, 1.165) is 37.4 Å². The van der Waals surface area contributed by atoms with Crippen LogP contribution in [0.2, 0.25) is 0 Å². The third-order valence-corrected chi connectivity index (χ3v) is 3.96. The molecule has 1 fully saturated rings. The number of carbonyl (C=O) groups is 1. The van der Waals surface area contributed by atoms with Gasteiger partial charge >= 0.3 is 0 Å². The predicted octanol–water partition coefficient (Wildman–Crippen LogP) is 1.76. The maximum atomic E-state index is 12.1. The Morgan fingerprint density at radius 2 is 2.35 bits per heavy atom. The largest absolute Gasteiger partial charge is 0.444 e. The SMILES string of the molecule is Cc1nc(CNC(=O)c2ccn(C3CCCNC3)n2)oc1C.Cl. The number of aryl methyl sites for hydroxylation is 2. The van der Waals surface area contributed by atoms with Gasteiger partial charge in [0.15, 0.2) is 0 Å². The molecular formula is C15H22ClN5O2. The Morgan fingerprint density at radius 3 is 3.00 bits per heavy atom. The van der Waals surface area contributed by atoms with Crippen LogP contribution in [0.5, 0.6) is 0 Å². The van der Waals surface area contributed by atoms with Crippen LogP contribution in [0.25, 0.3) is 0 Å². The van der Waals surface area contributed by atoms with Crippen molar-refractivity contribution in [3.8, 4) is 0 Å². The highest BCUT2D eigenvalue weighted by Gasteiger charge is 2.18. The molecule has 2 N–H and O–H groups in total. The number of oxazole rings is 1. The molecule has 0 aliphatic carbocycles. The second kappa shape index (κ2) is 7.61. The summed E-state index contributed by atoms with van der Waals surface area (Å²) >= 11 is 0. The minimum atomic E-state index is -0.212. The van der Waals surface area contributed by atoms with Gasteiger partial charge in [0.25, 0.3) is 5.91 Å². The molecule has 2 aromatic heterocycles. The number of piperidine rings is 1. The monoisotopic (exact) mass is 339 g/mol. The van der Waals surface area contributed by atoms with E-state index in [-0.39, 0.29) is 24.9 Å². The average molecular weight is 340 g/mol. The molecule has 1 amide bonds. The van der Waals surface area contributed by atoms with E-state index in [1.54, 1.807) is 6.07 Å². The van der Waals surface area contributed by atoms with Gasteiger partial charge in [-0.25, -0.2) is 4.98 Å². The second-order valence-electron chi connectivity index (χ2n) is 5.61. The zero-order valence-electron chi connectivity index (χ0n) is 13.3. The van der Waals surface area contributed by atoms with Gasteiger partial charge in [0.2, 0.25) is 5.89 Å². The molecule has 8 heteroatoms. The molecule has 0 radical (unpaired) electrons. The van der Waals surface area contributed by atoms with Crippen LogP contribution in [0.15, 0.2) is 16.7 Å². The molecule has 0 aromatic carbocycles. The van der Waals surface area contributed by atoms with Gasteiger partial charge < -0.3 is 15.1 Å². The fourth-order valence-corrected chi connectivity index (χ4v) is 2.58. The lowest BCUT2D eigenvalue weighted by Gasteiger charge is -2.22. The Labute approximate surface area is 141 Å². The Bertz CT molecular complexity index is 641. The molecule has 1 atom stereocenters. The molecule has 126 valence electrons. The van der Waals surface area contributed by atoms with Crippen LogP contribution in [-0.2, 0) is 6.54 Å². The third-order valence-electron chi connectivity index (χ3n) is 3.96. The maximum absolute atomic E-state index is 12.1. The van der Waals surface area contributed by atoms with Crippen molar-refractivity contribution in [3.63, 3.8) is 0 Å². The lowest BCUT2D eigenvalue weighted by atomic mass is 10.1. The summed E-state index contributed by atoms with van der Waals surface area (Å²) in [6.07, 6.45) is 4.09. The molecule has 1 aliphatic rings. The normalized spacial score (nSPS) is 17.6. The summed E-state index contributed by atoms with van der Waals surface area (Å²) in [6, 6.07) is 2.07. The standard InChI is InChI=1S/C15H21N5O2.ClH/c1-10-11(2)22-14(18-10)9-17-15(21)13-5-7-20(19-13)12-4-3-6-16-8-12;/h5,7,12,16H,3-4,6,8-9H2,1-2H3,(H,17,21);1H. The Balaban J connectivity index is 0.00000192. The summed E-state index contributed by atoms with van der Waals surface area (Å²) in [5.74, 6) is 1.08. The van der Waals surface area contributed by atoms with Crippen molar-refractivity contribution in [2.45, 2.75) is 39.3 Å². The molecule has 3 heterocycles. The van der Waals surface area contributed by atoms with E-state index in [4.69, 9.17) is 4.42 Å². The summed E-state index contributed by atoms with van der Waals surface area (Å²) < 4.78 is 7.32. The molecule has 2 aromatic rings. The highest BCUT2D eigenvalue weighted by Crippen LogP contribution is 2.15. The molecular weight excluding hydrogens is 318 g/mol. The van der Waals surface area contributed by atoms with Crippen molar-refractivity contribution in [1.29, 1.82) is 0 Å². The van der Waals surface area contributed by atoms with Gasteiger partial charge in [-0.2, -0.15) is 5.10 Å². The summed E-state index contributed by atoms with van der Waals surface area (Å²) in [5.41, 5.74) is 1.27. The number of hydrogen-bond acceptors (Lipinski definition) is 5. The molecule has 1 unspecified atom stereocenters. The first-order valence-corrected chi connectivity index (χ1v) is 7.60. The molecule has 0 bridgehead atoms. The topological polar surface area (TPSA) is 85.0 Å². The maximum Gasteiger partial charge on any atom is 0.272 e. The van der Waals surface area contributed by atoms with E-state index >= 15 is 0 Å². The average Bonchev–Trinajstić information content (AvgIpc) is 3.14. The number of amides is 1. The van der Waals surface area contributed by atoms with Crippen molar-refractivity contribution >= 4 is 18.3 Å². The fourth-order valence-electron chi connectivity index (χ4n) is 2.58. The Kier molecular flexibility index (Phi) is 5.79. The minimum absolute atomic E-state index is 0. The third kappa shape index (κ3) is 4.11. The van der Waals surface area contributed by atoms with E-state index in [9.17, 15) is 4.79 Å². The van der Waals surface area contributed by atoms with Crippen molar-refractivity contribution < 1.29 is 9.21 Å². The molecule has 1 aliphatic heterocycles. The smallest absolute Gasteiger partial charge is 0.272 e. The molecule has 3 rings (SSSR count). The van der Waals surface area contributed by atoms with Crippen LogP contribution >= 0.6 is 12.4 Å². The Hall–Kier alpha value is -1.86. The first-order valence-electron chi connectivity index (χ1n) is 7.60. The molecule has 0 spiro atoms. The van der Waals surface area contributed by atoms with Crippen LogP contribution in [-0.4, -0.2) is 33.8 Å². The molecule has 7 nitrogen and oxygen atoms in total. The molecule has 0 saturated carbocycles. The van der Waals surface area contributed by atoms with Gasteiger partial charge in [0.1, 0.15) is 11.5 Å². The lowest BCUT2D eigenvalue weighted by Crippen LogP contribution is -2.32. The van der Waals surface area contributed by atoms with E-state index in [1.807, 2.05) is 24.7 Å². The summed E-state index contributed by atoms with van der Waals surface area (Å²) in [4.78, 5) is 16.4. The zero-order chi connectivity index (χ0) is 15.5. The van der Waals surface area contributed by atoms with Gasteiger partial charge in [-0.05, 0) is 39.3 Å². The fraction of sp³-hybridized carbons (Fsp3) is 0.533. The van der Waals surface area contributed by atoms with Gasteiger partial charge in [0, 0.05) is 12.7 Å². The summed E-state index contributed by atoms with van der Waals surface area (Å²) in [6.45, 7) is 5.96. The lowest BCUT2D eigenvalue weighted by molar-refractivity contribution is 0.0940. The van der Waals surface area contributed by atoms with Crippen LogP contribution in [0.1, 0.15) is 46.7 Å². The quantitative estimate of drug-likeness (QED) is 0.886. The van der Waals surface area contributed by atoms with E-state index in [0.29, 0.717) is 17.6 Å². The number of nitrogens with one attached hydrogen (secondary N) is 2. The predicted molar refractivity (Wildman–Crippen MR) is 87.8 cm³/mol. The summed E-state index contributed by atoms with van der Waals surface area (Å²) in [5, 5.41) is 10.5. The number of halogens is 1. The van der Waals surface area contributed by atoms with Crippen LogP contribution < -0.4 is 10.6 Å². The first kappa shape index (κ1) is 17.5. The minimum Gasteiger partial charge on any atom is -0.444 e. The Morgan fingerprint density at radius 1 is 1.52 bits per heavy atom. The first-order chi connectivity index (χ1) is 10.6. The van der Waals surface area contributed by atoms with Crippen molar-refractivity contribution in [2.24, 2.45) is 0 Å². The van der Waals surface area contributed by atoms with Crippen LogP contribution in [0, 0.1) is 13.8 Å². The molecule has 23 heavy (non-hydrogen) atoms. The van der Waals surface area contributed by atoms with E-state index < -0.39 is 0 Å². The van der Waals surface area contributed by atoms with Gasteiger partial charge in [-0.1, -0.05) is 0 Å². The van der Waals surface area contributed by atoms with E-state index in [1.165, 1.54) is 0 Å². The van der Waals surface area contributed by atoms with Gasteiger partial charge in [0.05, 0.1) is 18.3 Å². The number of rotatable bonds is 4.